The third-order valence-electron chi connectivity index (χ3n) is 1.61. The summed E-state index contributed by atoms with van der Waals surface area (Å²) >= 11 is 3.30. The standard InChI is InChI=1S/C8H5BrN2O/c9-7-3-6(5-12)8-10-1-2-11(8)4-7/h1-5H. The molecular formula is C8H5BrN2O. The highest BCUT2D eigenvalue weighted by molar-refractivity contribution is 9.10. The number of pyridine rings is 1. The molecule has 0 aromatic carbocycles. The van der Waals surface area contributed by atoms with Gasteiger partial charge >= 0.3 is 0 Å². The maximum atomic E-state index is 10.6. The number of aldehydes is 1. The first-order valence-corrected chi connectivity index (χ1v) is 4.18. The summed E-state index contributed by atoms with van der Waals surface area (Å²) in [5, 5.41) is 0. The summed E-state index contributed by atoms with van der Waals surface area (Å²) in [6.07, 6.45) is 6.12. The van der Waals surface area contributed by atoms with Gasteiger partial charge in [-0.15, -0.1) is 0 Å². The molecule has 0 atom stereocenters. The van der Waals surface area contributed by atoms with Gasteiger partial charge in [0.25, 0.3) is 0 Å². The van der Waals surface area contributed by atoms with Crippen molar-refractivity contribution in [3.05, 3.63) is 34.7 Å². The molecule has 2 aromatic heterocycles. The van der Waals surface area contributed by atoms with Crippen LogP contribution in [0.1, 0.15) is 10.4 Å². The number of carbonyl (C=O) groups excluding carboxylic acids is 1. The van der Waals surface area contributed by atoms with Gasteiger partial charge in [-0.05, 0) is 22.0 Å². The molecule has 2 rings (SSSR count). The summed E-state index contributed by atoms with van der Waals surface area (Å²) in [7, 11) is 0. The molecule has 2 aromatic rings. The molecule has 0 amide bonds. The predicted octanol–water partition coefficient (Wildman–Crippen LogP) is 1.91. The number of aromatic nitrogens is 2. The summed E-state index contributed by atoms with van der Waals surface area (Å²) in [5.74, 6) is 0. The van der Waals surface area contributed by atoms with Crippen LogP contribution in [0, 0.1) is 0 Å². The van der Waals surface area contributed by atoms with Gasteiger partial charge in [-0.1, -0.05) is 0 Å². The SMILES string of the molecule is O=Cc1cc(Br)cn2ccnc12. The first-order chi connectivity index (χ1) is 5.81. The van der Waals surface area contributed by atoms with Gasteiger partial charge in [0.05, 0.1) is 5.56 Å². The van der Waals surface area contributed by atoms with Crippen molar-refractivity contribution in [3.63, 3.8) is 0 Å². The molecule has 0 saturated carbocycles. The third-order valence-corrected chi connectivity index (χ3v) is 2.04. The molecule has 4 heteroatoms. The summed E-state index contributed by atoms with van der Waals surface area (Å²) < 4.78 is 2.67. The van der Waals surface area contributed by atoms with Crippen LogP contribution in [0.3, 0.4) is 0 Å². The van der Waals surface area contributed by atoms with E-state index in [9.17, 15) is 4.79 Å². The number of nitrogens with zero attached hydrogens (tertiary/aromatic N) is 2. The normalized spacial score (nSPS) is 10.4. The number of carbonyl (C=O) groups is 1. The van der Waals surface area contributed by atoms with Crippen molar-refractivity contribution < 1.29 is 4.79 Å². The molecule has 2 heterocycles. The van der Waals surface area contributed by atoms with Crippen LogP contribution in [0.5, 0.6) is 0 Å². The minimum atomic E-state index is 0.592. The van der Waals surface area contributed by atoms with Crippen LogP contribution < -0.4 is 0 Å². The van der Waals surface area contributed by atoms with Crippen molar-refractivity contribution in [2.24, 2.45) is 0 Å². The Morgan fingerprint density at radius 2 is 2.42 bits per heavy atom. The number of halogens is 1. The molecular weight excluding hydrogens is 220 g/mol. The maximum Gasteiger partial charge on any atom is 0.153 e. The lowest BCUT2D eigenvalue weighted by molar-refractivity contribution is 0.112. The lowest BCUT2D eigenvalue weighted by Gasteiger charge is -1.97. The number of fused-ring (bicyclic) bond motifs is 1. The van der Waals surface area contributed by atoms with Crippen LogP contribution in [-0.2, 0) is 0 Å². The lowest BCUT2D eigenvalue weighted by atomic mass is 10.3. The van der Waals surface area contributed by atoms with Crippen LogP contribution in [-0.4, -0.2) is 15.7 Å². The molecule has 0 spiro atoms. The van der Waals surface area contributed by atoms with Crippen LogP contribution in [0.25, 0.3) is 5.65 Å². The molecule has 0 aliphatic heterocycles. The van der Waals surface area contributed by atoms with Gasteiger partial charge in [-0.2, -0.15) is 0 Å². The molecule has 0 bridgehead atoms. The fourth-order valence-electron chi connectivity index (χ4n) is 1.11. The van der Waals surface area contributed by atoms with Gasteiger partial charge < -0.3 is 4.40 Å². The molecule has 60 valence electrons. The van der Waals surface area contributed by atoms with E-state index in [1.165, 1.54) is 0 Å². The van der Waals surface area contributed by atoms with E-state index in [2.05, 4.69) is 20.9 Å². The van der Waals surface area contributed by atoms with Gasteiger partial charge in [-0.3, -0.25) is 4.79 Å². The lowest BCUT2D eigenvalue weighted by Crippen LogP contribution is -1.90. The molecule has 0 saturated heterocycles. The Balaban J connectivity index is 2.88. The number of hydrogen-bond donors (Lipinski definition) is 0. The van der Waals surface area contributed by atoms with E-state index < -0.39 is 0 Å². The Morgan fingerprint density at radius 1 is 1.58 bits per heavy atom. The minimum Gasteiger partial charge on any atom is -0.305 e. The van der Waals surface area contributed by atoms with E-state index in [4.69, 9.17) is 0 Å². The largest absolute Gasteiger partial charge is 0.305 e. The highest BCUT2D eigenvalue weighted by atomic mass is 79.9. The zero-order valence-corrected chi connectivity index (χ0v) is 7.65. The highest BCUT2D eigenvalue weighted by Crippen LogP contribution is 2.14. The maximum absolute atomic E-state index is 10.6. The monoisotopic (exact) mass is 224 g/mol. The molecule has 0 aliphatic carbocycles. The predicted molar refractivity (Wildman–Crippen MR) is 48.3 cm³/mol. The van der Waals surface area contributed by atoms with Crippen LogP contribution in [0.15, 0.2) is 29.1 Å². The van der Waals surface area contributed by atoms with Crippen molar-refractivity contribution in [3.8, 4) is 0 Å². The first kappa shape index (κ1) is 7.49. The zero-order chi connectivity index (χ0) is 8.55. The first-order valence-electron chi connectivity index (χ1n) is 3.38. The van der Waals surface area contributed by atoms with E-state index in [0.29, 0.717) is 11.2 Å². The topological polar surface area (TPSA) is 34.4 Å². The number of hydrogen-bond acceptors (Lipinski definition) is 2. The van der Waals surface area contributed by atoms with E-state index in [1.807, 2.05) is 6.20 Å². The second-order valence-corrected chi connectivity index (χ2v) is 3.31. The molecule has 0 unspecified atom stereocenters. The Labute approximate surface area is 77.2 Å². The number of rotatable bonds is 1. The fourth-order valence-corrected chi connectivity index (χ4v) is 1.58. The van der Waals surface area contributed by atoms with Crippen molar-refractivity contribution in [1.29, 1.82) is 0 Å². The third kappa shape index (κ3) is 1.04. The molecule has 3 nitrogen and oxygen atoms in total. The summed E-state index contributed by atoms with van der Waals surface area (Å²) in [6, 6.07) is 1.75. The van der Waals surface area contributed by atoms with E-state index in [0.717, 1.165) is 10.8 Å². The Bertz CT molecular complexity index is 436. The Hall–Kier alpha value is -1.16. The Kier molecular flexibility index (Phi) is 1.69. The van der Waals surface area contributed by atoms with E-state index in [1.54, 1.807) is 22.9 Å². The van der Waals surface area contributed by atoms with Crippen molar-refractivity contribution in [1.82, 2.24) is 9.38 Å². The molecule has 0 fully saturated rings. The molecule has 0 radical (unpaired) electrons. The van der Waals surface area contributed by atoms with Crippen molar-refractivity contribution in [2.45, 2.75) is 0 Å². The minimum absolute atomic E-state index is 0.592. The summed E-state index contributed by atoms with van der Waals surface area (Å²) in [4.78, 5) is 14.6. The average molecular weight is 225 g/mol. The van der Waals surface area contributed by atoms with Crippen molar-refractivity contribution in [2.75, 3.05) is 0 Å². The zero-order valence-electron chi connectivity index (χ0n) is 6.07. The summed E-state index contributed by atoms with van der Waals surface area (Å²) in [5.41, 5.74) is 1.28. The van der Waals surface area contributed by atoms with Gasteiger partial charge in [0.1, 0.15) is 5.65 Å². The molecule has 0 aliphatic rings. The summed E-state index contributed by atoms with van der Waals surface area (Å²) in [6.45, 7) is 0. The van der Waals surface area contributed by atoms with Crippen molar-refractivity contribution >= 4 is 27.9 Å². The van der Waals surface area contributed by atoms with Crippen LogP contribution in [0.2, 0.25) is 0 Å². The van der Waals surface area contributed by atoms with E-state index in [-0.39, 0.29) is 0 Å². The van der Waals surface area contributed by atoms with E-state index >= 15 is 0 Å². The molecule has 12 heavy (non-hydrogen) atoms. The van der Waals surface area contributed by atoms with Gasteiger partial charge in [0, 0.05) is 23.1 Å². The highest BCUT2D eigenvalue weighted by Gasteiger charge is 2.01. The second kappa shape index (κ2) is 2.71. The van der Waals surface area contributed by atoms with Gasteiger partial charge in [-0.25, -0.2) is 4.98 Å². The van der Waals surface area contributed by atoms with Crippen LogP contribution in [0.4, 0.5) is 0 Å². The van der Waals surface area contributed by atoms with Crippen LogP contribution >= 0.6 is 15.9 Å². The quantitative estimate of drug-likeness (QED) is 0.694. The average Bonchev–Trinajstić information content (AvgIpc) is 2.50. The Morgan fingerprint density at radius 3 is 3.17 bits per heavy atom. The van der Waals surface area contributed by atoms with Gasteiger partial charge in [0.2, 0.25) is 0 Å². The number of imidazole rings is 1. The van der Waals surface area contributed by atoms with Gasteiger partial charge in [0.15, 0.2) is 6.29 Å². The fraction of sp³-hybridized carbons (Fsp3) is 0. The molecule has 0 N–H and O–H groups in total. The second-order valence-electron chi connectivity index (χ2n) is 2.39. The smallest absolute Gasteiger partial charge is 0.153 e.